The highest BCUT2D eigenvalue weighted by atomic mass is 16.2. The lowest BCUT2D eigenvalue weighted by Gasteiger charge is -2.12. The van der Waals surface area contributed by atoms with Crippen LogP contribution in [0.4, 0.5) is 0 Å². The van der Waals surface area contributed by atoms with Crippen LogP contribution in [0.5, 0.6) is 0 Å². The fourth-order valence-electron chi connectivity index (χ4n) is 2.46. The van der Waals surface area contributed by atoms with Crippen LogP contribution >= 0.6 is 0 Å². The molecule has 102 valence electrons. The number of nitrogens with zero attached hydrogens (tertiary/aromatic N) is 2. The molecule has 20 heavy (non-hydrogen) atoms. The zero-order valence-electron chi connectivity index (χ0n) is 11.2. The van der Waals surface area contributed by atoms with E-state index < -0.39 is 6.04 Å². The molecule has 1 unspecified atom stereocenters. The molecule has 1 atom stereocenters. The van der Waals surface area contributed by atoms with Crippen LogP contribution in [0.15, 0.2) is 36.5 Å². The maximum absolute atomic E-state index is 11.8. The second kappa shape index (κ2) is 5.02. The second-order valence-electron chi connectivity index (χ2n) is 4.92. The van der Waals surface area contributed by atoms with Crippen LogP contribution in [0, 0.1) is 0 Å². The van der Waals surface area contributed by atoms with Gasteiger partial charge in [-0.15, -0.1) is 0 Å². The maximum atomic E-state index is 11.8. The number of imide groups is 1. The van der Waals surface area contributed by atoms with Gasteiger partial charge in [-0.05, 0) is 11.6 Å². The lowest BCUT2D eigenvalue weighted by Crippen LogP contribution is -2.36. The van der Waals surface area contributed by atoms with Crippen molar-refractivity contribution >= 4 is 22.7 Å². The predicted molar refractivity (Wildman–Crippen MR) is 74.8 cm³/mol. The van der Waals surface area contributed by atoms with E-state index in [2.05, 4.69) is 10.3 Å². The van der Waals surface area contributed by atoms with Crippen molar-refractivity contribution in [2.24, 2.45) is 0 Å². The molecule has 5 nitrogen and oxygen atoms in total. The third-order valence-electron chi connectivity index (χ3n) is 3.64. The molecule has 0 radical (unpaired) electrons. The summed E-state index contributed by atoms with van der Waals surface area (Å²) in [5.41, 5.74) is 1.95. The summed E-state index contributed by atoms with van der Waals surface area (Å²) < 4.78 is 0. The molecule has 1 fully saturated rings. The summed E-state index contributed by atoms with van der Waals surface area (Å²) in [5, 5.41) is 4.22. The van der Waals surface area contributed by atoms with E-state index in [1.54, 1.807) is 6.20 Å². The molecule has 3 rings (SSSR count). The fourth-order valence-corrected chi connectivity index (χ4v) is 2.46. The number of likely N-dealkylation sites (tertiary alicyclic amines) is 1. The van der Waals surface area contributed by atoms with E-state index in [4.69, 9.17) is 0 Å². The first-order chi connectivity index (χ1) is 9.66. The van der Waals surface area contributed by atoms with Gasteiger partial charge in [0.05, 0.1) is 18.0 Å². The van der Waals surface area contributed by atoms with Crippen molar-refractivity contribution in [3.63, 3.8) is 0 Å². The van der Waals surface area contributed by atoms with E-state index in [1.807, 2.05) is 30.3 Å². The quantitative estimate of drug-likeness (QED) is 0.847. The molecule has 5 heteroatoms. The van der Waals surface area contributed by atoms with Crippen molar-refractivity contribution < 1.29 is 9.59 Å². The number of nitrogens with one attached hydrogen (secondary N) is 1. The minimum atomic E-state index is -0.425. The molecule has 1 aliphatic heterocycles. The molecule has 1 N–H and O–H groups in total. The Balaban J connectivity index is 1.78. The van der Waals surface area contributed by atoms with Gasteiger partial charge in [-0.1, -0.05) is 24.3 Å². The Morgan fingerprint density at radius 1 is 1.30 bits per heavy atom. The van der Waals surface area contributed by atoms with E-state index >= 15 is 0 Å². The molecule has 0 spiro atoms. The van der Waals surface area contributed by atoms with Gasteiger partial charge in [0.2, 0.25) is 11.8 Å². The molecule has 2 aromatic rings. The zero-order chi connectivity index (χ0) is 14.1. The summed E-state index contributed by atoms with van der Waals surface area (Å²) in [6.07, 6.45) is 1.98. The summed E-state index contributed by atoms with van der Waals surface area (Å²) in [6.45, 7) is 0.520. The lowest BCUT2D eigenvalue weighted by atomic mass is 10.1. The monoisotopic (exact) mass is 269 g/mol. The van der Waals surface area contributed by atoms with Crippen LogP contribution in [-0.2, 0) is 16.1 Å². The summed E-state index contributed by atoms with van der Waals surface area (Å²) in [5.74, 6) is -0.299. The smallest absolute Gasteiger partial charge is 0.246 e. The number of aromatic nitrogens is 1. The van der Waals surface area contributed by atoms with Gasteiger partial charge < -0.3 is 5.32 Å². The third kappa shape index (κ3) is 2.16. The van der Waals surface area contributed by atoms with Gasteiger partial charge in [0.25, 0.3) is 0 Å². The van der Waals surface area contributed by atoms with Crippen molar-refractivity contribution in [1.82, 2.24) is 15.2 Å². The van der Waals surface area contributed by atoms with Gasteiger partial charge in [0, 0.05) is 25.2 Å². The highest BCUT2D eigenvalue weighted by Crippen LogP contribution is 2.17. The van der Waals surface area contributed by atoms with Crippen LogP contribution in [0.1, 0.15) is 12.0 Å². The standard InChI is InChI=1S/C15H15N3O2/c1-18-13(19)8-12(15(18)20)17-9-11-5-2-4-10-6-3-7-16-14(10)11/h2-7,12,17H,8-9H2,1H3. The second-order valence-corrected chi connectivity index (χ2v) is 4.92. The average Bonchev–Trinajstić information content (AvgIpc) is 2.72. The predicted octanol–water partition coefficient (Wildman–Crippen LogP) is 1.08. The number of fused-ring (bicyclic) bond motifs is 1. The van der Waals surface area contributed by atoms with Gasteiger partial charge in [0.15, 0.2) is 0 Å². The SMILES string of the molecule is CN1C(=O)CC(NCc2cccc3cccnc23)C1=O. The van der Waals surface area contributed by atoms with Crippen LogP contribution < -0.4 is 5.32 Å². The van der Waals surface area contributed by atoms with Gasteiger partial charge in [0.1, 0.15) is 0 Å². The Morgan fingerprint density at radius 2 is 2.10 bits per heavy atom. The van der Waals surface area contributed by atoms with Crippen molar-refractivity contribution in [3.05, 3.63) is 42.1 Å². The first-order valence-electron chi connectivity index (χ1n) is 6.53. The topological polar surface area (TPSA) is 62.3 Å². The number of amides is 2. The minimum Gasteiger partial charge on any atom is -0.301 e. The zero-order valence-corrected chi connectivity index (χ0v) is 11.2. The highest BCUT2D eigenvalue weighted by Gasteiger charge is 2.35. The van der Waals surface area contributed by atoms with Crippen molar-refractivity contribution in [2.45, 2.75) is 19.0 Å². The molecule has 0 aliphatic carbocycles. The van der Waals surface area contributed by atoms with E-state index in [1.165, 1.54) is 11.9 Å². The fraction of sp³-hybridized carbons (Fsp3) is 0.267. The number of hydrogen-bond acceptors (Lipinski definition) is 4. The largest absolute Gasteiger partial charge is 0.301 e. The number of carbonyl (C=O) groups excluding carboxylic acids is 2. The molecule has 1 aromatic carbocycles. The number of likely N-dealkylation sites (N-methyl/N-ethyl adjacent to an activating group) is 1. The first-order valence-corrected chi connectivity index (χ1v) is 6.53. The molecular weight excluding hydrogens is 254 g/mol. The molecule has 1 aromatic heterocycles. The molecular formula is C15H15N3O2. The van der Waals surface area contributed by atoms with Crippen molar-refractivity contribution in [1.29, 1.82) is 0 Å². The molecule has 2 amide bonds. The van der Waals surface area contributed by atoms with Crippen LogP contribution in [-0.4, -0.2) is 34.8 Å². The molecule has 1 aliphatic rings. The minimum absolute atomic E-state index is 0.136. The Hall–Kier alpha value is -2.27. The van der Waals surface area contributed by atoms with Crippen molar-refractivity contribution in [2.75, 3.05) is 7.05 Å². The van der Waals surface area contributed by atoms with Gasteiger partial charge in [-0.25, -0.2) is 0 Å². The summed E-state index contributed by atoms with van der Waals surface area (Å²) >= 11 is 0. The summed E-state index contributed by atoms with van der Waals surface area (Å²) in [4.78, 5) is 28.9. The maximum Gasteiger partial charge on any atom is 0.246 e. The van der Waals surface area contributed by atoms with Gasteiger partial charge >= 0.3 is 0 Å². The van der Waals surface area contributed by atoms with E-state index in [0.717, 1.165) is 16.5 Å². The Bertz CT molecular complexity index is 678. The van der Waals surface area contributed by atoms with Crippen LogP contribution in [0.2, 0.25) is 0 Å². The molecule has 1 saturated heterocycles. The van der Waals surface area contributed by atoms with Crippen LogP contribution in [0.3, 0.4) is 0 Å². The number of carbonyl (C=O) groups is 2. The Morgan fingerprint density at radius 3 is 2.85 bits per heavy atom. The molecule has 0 bridgehead atoms. The highest BCUT2D eigenvalue weighted by molar-refractivity contribution is 6.05. The lowest BCUT2D eigenvalue weighted by molar-refractivity contribution is -0.137. The molecule has 0 saturated carbocycles. The Kier molecular flexibility index (Phi) is 3.20. The van der Waals surface area contributed by atoms with Gasteiger partial charge in [-0.2, -0.15) is 0 Å². The third-order valence-corrected chi connectivity index (χ3v) is 3.64. The number of para-hydroxylation sites is 1. The van der Waals surface area contributed by atoms with Gasteiger partial charge in [-0.3, -0.25) is 19.5 Å². The van der Waals surface area contributed by atoms with E-state index in [-0.39, 0.29) is 18.2 Å². The van der Waals surface area contributed by atoms with E-state index in [9.17, 15) is 9.59 Å². The van der Waals surface area contributed by atoms with E-state index in [0.29, 0.717) is 6.54 Å². The van der Waals surface area contributed by atoms with Crippen molar-refractivity contribution in [3.8, 4) is 0 Å². The number of rotatable bonds is 3. The van der Waals surface area contributed by atoms with Crippen LogP contribution in [0.25, 0.3) is 10.9 Å². The number of hydrogen-bond donors (Lipinski definition) is 1. The Labute approximate surface area is 116 Å². The normalized spacial score (nSPS) is 19.1. The summed E-state index contributed by atoms with van der Waals surface area (Å²) in [6, 6.07) is 9.43. The average molecular weight is 269 g/mol. The number of benzene rings is 1. The molecule has 2 heterocycles. The summed E-state index contributed by atoms with van der Waals surface area (Å²) in [7, 11) is 1.52. The first kappa shape index (κ1) is 12.7. The number of pyridine rings is 1.